The van der Waals surface area contributed by atoms with Crippen LogP contribution in [0, 0.1) is 6.92 Å². The minimum atomic E-state index is 0.0697. The lowest BCUT2D eigenvalue weighted by Crippen LogP contribution is -2.30. The van der Waals surface area contributed by atoms with Crippen molar-refractivity contribution in [2.24, 2.45) is 0 Å². The van der Waals surface area contributed by atoms with E-state index in [0.717, 1.165) is 33.5 Å². The van der Waals surface area contributed by atoms with Crippen molar-refractivity contribution < 1.29 is 4.79 Å². The molecule has 0 atom stereocenters. The second kappa shape index (κ2) is 10.3. The number of carbonyl (C=O) groups excluding carboxylic acids is 1. The number of aromatic nitrogens is 2. The Labute approximate surface area is 195 Å². The molecule has 2 heterocycles. The van der Waals surface area contributed by atoms with Crippen molar-refractivity contribution in [1.29, 1.82) is 0 Å². The Kier molecular flexibility index (Phi) is 7.22. The Morgan fingerprint density at radius 1 is 1.16 bits per heavy atom. The molecule has 2 aromatic carbocycles. The van der Waals surface area contributed by atoms with Gasteiger partial charge in [-0.1, -0.05) is 47.2 Å². The number of halogens is 1. The summed E-state index contributed by atoms with van der Waals surface area (Å²) in [7, 11) is 0. The first-order valence-electron chi connectivity index (χ1n) is 10.0. The van der Waals surface area contributed by atoms with Crippen LogP contribution in [-0.4, -0.2) is 21.6 Å². The van der Waals surface area contributed by atoms with Gasteiger partial charge < -0.3 is 0 Å². The molecule has 0 aliphatic heterocycles. The number of rotatable bonds is 8. The zero-order valence-electron chi connectivity index (χ0n) is 17.1. The summed E-state index contributed by atoms with van der Waals surface area (Å²) >= 11 is 9.50. The van der Waals surface area contributed by atoms with Crippen LogP contribution in [0.25, 0.3) is 10.2 Å². The molecule has 31 heavy (non-hydrogen) atoms. The van der Waals surface area contributed by atoms with Gasteiger partial charge in [0, 0.05) is 28.7 Å². The van der Waals surface area contributed by atoms with Crippen LogP contribution < -0.4 is 4.90 Å². The molecule has 0 N–H and O–H groups in total. The first kappa shape index (κ1) is 21.8. The van der Waals surface area contributed by atoms with Crippen molar-refractivity contribution in [1.82, 2.24) is 9.97 Å². The summed E-state index contributed by atoms with van der Waals surface area (Å²) in [6.45, 7) is 2.44. The molecule has 0 saturated carbocycles. The number of nitrogens with zero attached hydrogens (tertiary/aromatic N) is 3. The fourth-order valence-electron chi connectivity index (χ4n) is 3.26. The first-order chi connectivity index (χ1) is 15.1. The van der Waals surface area contributed by atoms with Gasteiger partial charge in [0.1, 0.15) is 0 Å². The van der Waals surface area contributed by atoms with Crippen molar-refractivity contribution in [3.8, 4) is 0 Å². The van der Waals surface area contributed by atoms with Crippen LogP contribution in [0.2, 0.25) is 5.02 Å². The highest BCUT2D eigenvalue weighted by atomic mass is 35.5. The topological polar surface area (TPSA) is 46.1 Å². The van der Waals surface area contributed by atoms with E-state index in [9.17, 15) is 4.79 Å². The van der Waals surface area contributed by atoms with E-state index in [-0.39, 0.29) is 5.91 Å². The predicted octanol–water partition coefficient (Wildman–Crippen LogP) is 6.76. The van der Waals surface area contributed by atoms with Gasteiger partial charge in [-0.15, -0.1) is 11.8 Å². The Balaban J connectivity index is 1.51. The Hall–Kier alpha value is -2.41. The lowest BCUT2D eigenvalue weighted by molar-refractivity contribution is -0.118. The molecule has 2 aromatic heterocycles. The number of amides is 1. The molecular formula is C24H22ClN3OS2. The number of hydrogen-bond acceptors (Lipinski definition) is 5. The smallest absolute Gasteiger partial charge is 0.229 e. The zero-order valence-corrected chi connectivity index (χ0v) is 19.5. The van der Waals surface area contributed by atoms with Crippen molar-refractivity contribution in [3.63, 3.8) is 0 Å². The number of benzene rings is 2. The monoisotopic (exact) mass is 467 g/mol. The number of pyridine rings is 1. The summed E-state index contributed by atoms with van der Waals surface area (Å²) in [5.41, 5.74) is 2.88. The molecule has 0 radical (unpaired) electrons. The molecule has 0 spiro atoms. The molecule has 0 aliphatic rings. The molecule has 0 bridgehead atoms. The van der Waals surface area contributed by atoms with Crippen molar-refractivity contribution in [2.45, 2.75) is 31.2 Å². The lowest BCUT2D eigenvalue weighted by Gasteiger charge is -2.20. The molecule has 4 rings (SSSR count). The molecule has 0 saturated heterocycles. The number of carbonyl (C=O) groups is 1. The third kappa shape index (κ3) is 5.64. The van der Waals surface area contributed by atoms with E-state index in [0.29, 0.717) is 23.1 Å². The number of thioether (sulfide) groups is 1. The van der Waals surface area contributed by atoms with Crippen molar-refractivity contribution in [2.75, 3.05) is 10.7 Å². The van der Waals surface area contributed by atoms with Crippen LogP contribution >= 0.6 is 34.7 Å². The van der Waals surface area contributed by atoms with E-state index in [1.54, 1.807) is 29.1 Å². The van der Waals surface area contributed by atoms with Crippen molar-refractivity contribution in [3.05, 3.63) is 83.1 Å². The summed E-state index contributed by atoms with van der Waals surface area (Å²) in [5.74, 6) is 0.964. The average Bonchev–Trinajstić information content (AvgIpc) is 3.20. The van der Waals surface area contributed by atoms with Crippen LogP contribution in [0.1, 0.15) is 24.0 Å². The van der Waals surface area contributed by atoms with Crippen LogP contribution in [0.15, 0.2) is 71.9 Å². The zero-order chi connectivity index (χ0) is 21.6. The molecule has 4 aromatic rings. The van der Waals surface area contributed by atoms with Gasteiger partial charge in [0.2, 0.25) is 5.91 Å². The highest BCUT2D eigenvalue weighted by Crippen LogP contribution is 2.34. The normalized spacial score (nSPS) is 11.0. The van der Waals surface area contributed by atoms with E-state index >= 15 is 0 Å². The van der Waals surface area contributed by atoms with Crippen LogP contribution in [0.5, 0.6) is 0 Å². The van der Waals surface area contributed by atoms with Gasteiger partial charge in [0.15, 0.2) is 5.13 Å². The summed E-state index contributed by atoms with van der Waals surface area (Å²) in [6.07, 6.45) is 4.80. The van der Waals surface area contributed by atoms with E-state index in [2.05, 4.69) is 17.1 Å². The second-order valence-electron chi connectivity index (χ2n) is 7.17. The van der Waals surface area contributed by atoms with Crippen LogP contribution in [0.3, 0.4) is 0 Å². The standard InChI is InChI=1S/C24H22ClN3OS2/c1-17-13-19(25)14-21-23(17)27-24(31-21)28(16-18-7-5-11-26-15-18)22(29)10-6-12-30-20-8-3-2-4-9-20/h2-5,7-9,11,13-15H,6,10,12,16H2,1H3. The molecule has 4 nitrogen and oxygen atoms in total. The number of fused-ring (bicyclic) bond motifs is 1. The summed E-state index contributed by atoms with van der Waals surface area (Å²) < 4.78 is 0.989. The third-order valence-electron chi connectivity index (χ3n) is 4.78. The first-order valence-corrected chi connectivity index (χ1v) is 12.2. The maximum Gasteiger partial charge on any atom is 0.229 e. The van der Waals surface area contributed by atoms with E-state index in [1.807, 2.05) is 49.4 Å². The number of aryl methyl sites for hydroxylation is 1. The van der Waals surface area contributed by atoms with Gasteiger partial charge in [-0.05, 0) is 60.6 Å². The Morgan fingerprint density at radius 3 is 2.77 bits per heavy atom. The quantitative estimate of drug-likeness (QED) is 0.212. The van der Waals surface area contributed by atoms with Crippen molar-refractivity contribution >= 4 is 56.0 Å². The number of hydrogen-bond donors (Lipinski definition) is 0. The van der Waals surface area contributed by atoms with E-state index < -0.39 is 0 Å². The molecule has 1 amide bonds. The minimum absolute atomic E-state index is 0.0697. The fraction of sp³-hybridized carbons (Fsp3) is 0.208. The molecule has 7 heteroatoms. The predicted molar refractivity (Wildman–Crippen MR) is 131 cm³/mol. The SMILES string of the molecule is Cc1cc(Cl)cc2sc(N(Cc3cccnc3)C(=O)CCCSc3ccccc3)nc12. The maximum absolute atomic E-state index is 13.2. The van der Waals surface area contributed by atoms with Crippen LogP contribution in [0.4, 0.5) is 5.13 Å². The largest absolute Gasteiger partial charge is 0.284 e. The molecule has 158 valence electrons. The molecule has 0 fully saturated rings. The third-order valence-corrected chi connectivity index (χ3v) is 7.12. The molecular weight excluding hydrogens is 446 g/mol. The summed E-state index contributed by atoms with van der Waals surface area (Å²) in [6, 6.07) is 17.9. The summed E-state index contributed by atoms with van der Waals surface area (Å²) in [4.78, 5) is 25.2. The van der Waals surface area contributed by atoms with E-state index in [4.69, 9.17) is 16.6 Å². The van der Waals surface area contributed by atoms with Crippen LogP contribution in [-0.2, 0) is 11.3 Å². The highest BCUT2D eigenvalue weighted by molar-refractivity contribution is 7.99. The van der Waals surface area contributed by atoms with Gasteiger partial charge in [0.05, 0.1) is 16.8 Å². The maximum atomic E-state index is 13.2. The summed E-state index contributed by atoms with van der Waals surface area (Å²) in [5, 5.41) is 1.38. The second-order valence-corrected chi connectivity index (χ2v) is 9.79. The number of thiazole rings is 1. The minimum Gasteiger partial charge on any atom is -0.284 e. The van der Waals surface area contributed by atoms with Gasteiger partial charge in [0.25, 0.3) is 0 Å². The van der Waals surface area contributed by atoms with Gasteiger partial charge >= 0.3 is 0 Å². The Morgan fingerprint density at radius 2 is 2.00 bits per heavy atom. The van der Waals surface area contributed by atoms with Gasteiger partial charge in [-0.2, -0.15) is 0 Å². The molecule has 0 unspecified atom stereocenters. The fourth-order valence-corrected chi connectivity index (χ4v) is 5.57. The van der Waals surface area contributed by atoms with Gasteiger partial charge in [-0.3, -0.25) is 14.7 Å². The van der Waals surface area contributed by atoms with Gasteiger partial charge in [-0.25, -0.2) is 4.98 Å². The lowest BCUT2D eigenvalue weighted by atomic mass is 10.2. The number of anilines is 1. The van der Waals surface area contributed by atoms with E-state index in [1.165, 1.54) is 16.2 Å². The average molecular weight is 468 g/mol. The molecule has 0 aliphatic carbocycles. The Bertz CT molecular complexity index is 1170. The highest BCUT2D eigenvalue weighted by Gasteiger charge is 2.21.